The lowest BCUT2D eigenvalue weighted by molar-refractivity contribution is 0.00271. The fraction of sp³-hybridized carbons (Fsp3) is 0.500. The first-order valence-electron chi connectivity index (χ1n) is 9.44. The van der Waals surface area contributed by atoms with Gasteiger partial charge in [0.05, 0.1) is 44.5 Å². The van der Waals surface area contributed by atoms with Crippen molar-refractivity contribution < 1.29 is 22.6 Å². The van der Waals surface area contributed by atoms with Crippen LogP contribution in [0.3, 0.4) is 0 Å². The van der Waals surface area contributed by atoms with Gasteiger partial charge in [-0.05, 0) is 12.1 Å². The molecule has 0 unspecified atom stereocenters. The Hall–Kier alpha value is -1.71. The molecular weight excluding hydrogens is 380 g/mol. The van der Waals surface area contributed by atoms with Crippen molar-refractivity contribution in [2.45, 2.75) is 4.90 Å². The van der Waals surface area contributed by atoms with Gasteiger partial charge in [-0.25, -0.2) is 8.42 Å². The Balaban J connectivity index is 1.94. The van der Waals surface area contributed by atoms with Crippen LogP contribution in [0.4, 0.5) is 5.69 Å². The quantitative estimate of drug-likeness (QED) is 0.773. The second kappa shape index (κ2) is 9.67. The molecule has 2 aromatic carbocycles. The molecule has 2 aromatic rings. The number of benzene rings is 2. The highest BCUT2D eigenvalue weighted by molar-refractivity contribution is 7.89. The van der Waals surface area contributed by atoms with Crippen LogP contribution in [0, 0.1) is 0 Å². The van der Waals surface area contributed by atoms with Crippen molar-refractivity contribution in [1.29, 1.82) is 0 Å². The minimum absolute atomic E-state index is 0.273. The molecule has 0 aromatic heterocycles. The van der Waals surface area contributed by atoms with Crippen LogP contribution in [0.15, 0.2) is 41.3 Å². The van der Waals surface area contributed by atoms with Crippen LogP contribution in [-0.4, -0.2) is 79.5 Å². The van der Waals surface area contributed by atoms with Gasteiger partial charge in [-0.15, -0.1) is 0 Å². The maximum Gasteiger partial charge on any atom is 0.243 e. The molecule has 3 rings (SSSR count). The van der Waals surface area contributed by atoms with Crippen LogP contribution in [0.1, 0.15) is 0 Å². The number of rotatable bonds is 3. The van der Waals surface area contributed by atoms with Crippen LogP contribution >= 0.6 is 0 Å². The average Bonchev–Trinajstić information content (AvgIpc) is 2.67. The van der Waals surface area contributed by atoms with Crippen molar-refractivity contribution in [2.24, 2.45) is 0 Å². The molecule has 1 fully saturated rings. The molecule has 0 N–H and O–H groups in total. The molecule has 0 bridgehead atoms. The van der Waals surface area contributed by atoms with E-state index in [1.165, 1.54) is 4.31 Å². The van der Waals surface area contributed by atoms with E-state index in [1.807, 2.05) is 43.3 Å². The highest BCUT2D eigenvalue weighted by Crippen LogP contribution is 2.31. The Kier molecular flexibility index (Phi) is 7.25. The summed E-state index contributed by atoms with van der Waals surface area (Å²) in [5.41, 5.74) is 0.981. The molecule has 0 spiro atoms. The van der Waals surface area contributed by atoms with Gasteiger partial charge in [0.2, 0.25) is 10.0 Å². The number of nitrogens with zero attached hydrogens (tertiary/aromatic N) is 2. The van der Waals surface area contributed by atoms with Crippen LogP contribution in [0.25, 0.3) is 10.8 Å². The molecule has 28 heavy (non-hydrogen) atoms. The highest BCUT2D eigenvalue weighted by atomic mass is 32.2. The Morgan fingerprint density at radius 1 is 0.786 bits per heavy atom. The summed E-state index contributed by atoms with van der Waals surface area (Å²) in [5.74, 6) is 0. The number of sulfonamides is 1. The Labute approximate surface area is 166 Å². The van der Waals surface area contributed by atoms with Gasteiger partial charge in [0.25, 0.3) is 0 Å². The van der Waals surface area contributed by atoms with E-state index >= 15 is 0 Å². The number of fused-ring (bicyclic) bond motifs is 1. The predicted molar refractivity (Wildman–Crippen MR) is 109 cm³/mol. The molecule has 1 saturated heterocycles. The molecule has 1 aliphatic heterocycles. The van der Waals surface area contributed by atoms with Crippen molar-refractivity contribution in [3.8, 4) is 0 Å². The van der Waals surface area contributed by atoms with Gasteiger partial charge in [-0.2, -0.15) is 4.31 Å². The molecule has 1 aliphatic rings. The second-order valence-electron chi connectivity index (χ2n) is 6.76. The fourth-order valence-electron chi connectivity index (χ4n) is 3.25. The molecule has 1 heterocycles. The summed E-state index contributed by atoms with van der Waals surface area (Å²) in [7, 11) is 0.202. The lowest BCUT2D eigenvalue weighted by Gasteiger charge is -2.24. The maximum absolute atomic E-state index is 13.5. The van der Waals surface area contributed by atoms with Crippen LogP contribution in [0.2, 0.25) is 0 Å². The zero-order valence-electron chi connectivity index (χ0n) is 16.5. The smallest absolute Gasteiger partial charge is 0.243 e. The third-order valence-electron chi connectivity index (χ3n) is 4.67. The van der Waals surface area contributed by atoms with Gasteiger partial charge in [0.1, 0.15) is 0 Å². The van der Waals surface area contributed by atoms with E-state index in [0.29, 0.717) is 44.5 Å². The van der Waals surface area contributed by atoms with E-state index in [2.05, 4.69) is 0 Å². The van der Waals surface area contributed by atoms with Crippen LogP contribution in [-0.2, 0) is 24.2 Å². The summed E-state index contributed by atoms with van der Waals surface area (Å²) in [5, 5.41) is 1.63. The van der Waals surface area contributed by atoms with Gasteiger partial charge in [-0.1, -0.05) is 24.3 Å². The molecule has 0 aliphatic carbocycles. The van der Waals surface area contributed by atoms with E-state index in [1.54, 1.807) is 12.1 Å². The van der Waals surface area contributed by atoms with E-state index in [4.69, 9.17) is 14.2 Å². The normalized spacial score (nSPS) is 18.4. The minimum Gasteiger partial charge on any atom is -0.378 e. The summed E-state index contributed by atoms with van der Waals surface area (Å²) >= 11 is 0. The summed E-state index contributed by atoms with van der Waals surface area (Å²) in [6, 6.07) is 11.1. The first kappa shape index (κ1) is 21.0. The van der Waals surface area contributed by atoms with Gasteiger partial charge in [0, 0.05) is 43.6 Å². The van der Waals surface area contributed by atoms with Crippen molar-refractivity contribution in [3.63, 3.8) is 0 Å². The van der Waals surface area contributed by atoms with E-state index in [0.717, 1.165) is 16.5 Å². The van der Waals surface area contributed by atoms with E-state index in [-0.39, 0.29) is 13.1 Å². The third kappa shape index (κ3) is 4.82. The van der Waals surface area contributed by atoms with Gasteiger partial charge in [0.15, 0.2) is 0 Å². The van der Waals surface area contributed by atoms with Crippen molar-refractivity contribution in [3.05, 3.63) is 36.4 Å². The molecule has 7 nitrogen and oxygen atoms in total. The maximum atomic E-state index is 13.5. The Bertz CT molecular complexity index is 873. The number of ether oxygens (including phenoxy) is 3. The third-order valence-corrected chi connectivity index (χ3v) is 6.63. The van der Waals surface area contributed by atoms with E-state index < -0.39 is 10.0 Å². The summed E-state index contributed by atoms with van der Waals surface area (Å²) in [6.07, 6.45) is 0. The zero-order chi connectivity index (χ0) is 20.0. The van der Waals surface area contributed by atoms with Crippen molar-refractivity contribution in [1.82, 2.24) is 4.31 Å². The molecule has 8 heteroatoms. The molecule has 0 saturated carbocycles. The van der Waals surface area contributed by atoms with Crippen molar-refractivity contribution >= 4 is 26.5 Å². The lowest BCUT2D eigenvalue weighted by Crippen LogP contribution is -2.37. The fourth-order valence-corrected chi connectivity index (χ4v) is 4.86. The molecule has 0 amide bonds. The number of hydrogen-bond acceptors (Lipinski definition) is 6. The number of anilines is 1. The molecule has 0 atom stereocenters. The molecular formula is C20H28N2O5S. The SMILES string of the molecule is CN(C)c1cccc2c(S(=O)(=O)N3CCOCCOCCOCC3)cccc12. The van der Waals surface area contributed by atoms with Crippen LogP contribution < -0.4 is 4.90 Å². The Morgan fingerprint density at radius 3 is 1.93 bits per heavy atom. The predicted octanol–water partition coefficient (Wildman–Crippen LogP) is 1.96. The average molecular weight is 409 g/mol. The summed E-state index contributed by atoms with van der Waals surface area (Å²) in [6.45, 7) is 3.01. The Morgan fingerprint density at radius 2 is 1.32 bits per heavy atom. The summed E-state index contributed by atoms with van der Waals surface area (Å²) in [4.78, 5) is 2.29. The second-order valence-corrected chi connectivity index (χ2v) is 8.67. The standard InChI is InChI=1S/C20H28N2O5S/c1-21(2)19-7-3-6-18-17(19)5-4-8-20(18)28(23,24)22-9-11-25-13-15-27-16-14-26-12-10-22/h3-8H,9-16H2,1-2H3. The lowest BCUT2D eigenvalue weighted by atomic mass is 10.1. The van der Waals surface area contributed by atoms with Crippen molar-refractivity contribution in [2.75, 3.05) is 71.7 Å². The highest BCUT2D eigenvalue weighted by Gasteiger charge is 2.26. The number of hydrogen-bond donors (Lipinski definition) is 0. The van der Waals surface area contributed by atoms with Gasteiger partial charge >= 0.3 is 0 Å². The van der Waals surface area contributed by atoms with Gasteiger partial charge < -0.3 is 19.1 Å². The molecule has 154 valence electrons. The largest absolute Gasteiger partial charge is 0.378 e. The van der Waals surface area contributed by atoms with Crippen LogP contribution in [0.5, 0.6) is 0 Å². The monoisotopic (exact) mass is 408 g/mol. The first-order valence-corrected chi connectivity index (χ1v) is 10.9. The molecule has 0 radical (unpaired) electrons. The van der Waals surface area contributed by atoms with E-state index in [9.17, 15) is 8.42 Å². The minimum atomic E-state index is -3.70. The summed E-state index contributed by atoms with van der Waals surface area (Å²) < 4.78 is 44.8. The topological polar surface area (TPSA) is 68.3 Å². The zero-order valence-corrected chi connectivity index (χ0v) is 17.3. The van der Waals surface area contributed by atoms with Gasteiger partial charge in [-0.3, -0.25) is 0 Å². The first-order chi connectivity index (χ1) is 13.5.